The van der Waals surface area contributed by atoms with Crippen molar-refractivity contribution in [3.63, 3.8) is 0 Å². The first-order chi connectivity index (χ1) is 13.4. The Hall–Kier alpha value is -2.27. The highest BCUT2D eigenvalue weighted by molar-refractivity contribution is 7.89. The zero-order valence-electron chi connectivity index (χ0n) is 15.0. The van der Waals surface area contributed by atoms with E-state index < -0.39 is 21.3 Å². The Bertz CT molecular complexity index is 1190. The molecule has 0 radical (unpaired) electrons. The number of hydrogen-bond acceptors (Lipinski definition) is 6. The van der Waals surface area contributed by atoms with Crippen molar-refractivity contribution in [1.29, 1.82) is 0 Å². The molecule has 8 nitrogen and oxygen atoms in total. The minimum absolute atomic E-state index is 0.0103. The van der Waals surface area contributed by atoms with Gasteiger partial charge in [0.25, 0.3) is 5.56 Å². The molecular formula is C18H20N4O4S2. The summed E-state index contributed by atoms with van der Waals surface area (Å²) in [7, 11) is -3.81. The highest BCUT2D eigenvalue weighted by Crippen LogP contribution is 2.28. The first-order valence-electron chi connectivity index (χ1n) is 8.97. The first kappa shape index (κ1) is 19.1. The molecule has 1 aliphatic rings. The molecule has 0 bridgehead atoms. The van der Waals surface area contributed by atoms with Crippen LogP contribution in [0.25, 0.3) is 10.9 Å². The summed E-state index contributed by atoms with van der Waals surface area (Å²) in [6, 6.07) is 8.07. The lowest BCUT2D eigenvalue weighted by atomic mass is 10.2. The first-order valence-corrected chi connectivity index (χ1v) is 11.3. The Kier molecular flexibility index (Phi) is 5.19. The number of rotatable bonds is 6. The largest absolute Gasteiger partial charge is 0.326 e. The van der Waals surface area contributed by atoms with Crippen LogP contribution in [-0.4, -0.2) is 42.9 Å². The molecule has 1 aliphatic heterocycles. The average Bonchev–Trinajstić information content (AvgIpc) is 3.36. The molecule has 0 aliphatic carbocycles. The molecule has 2 aromatic heterocycles. The number of nitrogens with zero attached hydrogens (tertiary/aromatic N) is 1. The lowest BCUT2D eigenvalue weighted by Crippen LogP contribution is -2.36. The van der Waals surface area contributed by atoms with Gasteiger partial charge in [-0.2, -0.15) is 0 Å². The Morgan fingerprint density at radius 3 is 2.64 bits per heavy atom. The summed E-state index contributed by atoms with van der Waals surface area (Å²) in [6.45, 7) is 2.15. The number of hydrogen-bond donors (Lipinski definition) is 3. The van der Waals surface area contributed by atoms with Crippen LogP contribution in [0, 0.1) is 0 Å². The molecule has 1 aromatic carbocycles. The molecule has 4 rings (SSSR count). The van der Waals surface area contributed by atoms with Gasteiger partial charge in [-0.05, 0) is 55.6 Å². The zero-order valence-corrected chi connectivity index (χ0v) is 16.6. The van der Waals surface area contributed by atoms with Crippen molar-refractivity contribution >= 4 is 32.3 Å². The van der Waals surface area contributed by atoms with Gasteiger partial charge in [0.2, 0.25) is 10.0 Å². The number of aromatic nitrogens is 2. The molecule has 10 heteroatoms. The lowest BCUT2D eigenvalue weighted by Gasteiger charge is -2.26. The average molecular weight is 421 g/mol. The van der Waals surface area contributed by atoms with Gasteiger partial charge in [0.1, 0.15) is 0 Å². The van der Waals surface area contributed by atoms with Crippen LogP contribution in [0.1, 0.15) is 23.8 Å². The number of sulfonamides is 1. The summed E-state index contributed by atoms with van der Waals surface area (Å²) in [5.74, 6) is 0. The summed E-state index contributed by atoms with van der Waals surface area (Å²) in [5, 5.41) is 2.11. The van der Waals surface area contributed by atoms with E-state index in [4.69, 9.17) is 0 Å². The highest BCUT2D eigenvalue weighted by atomic mass is 32.2. The second-order valence-electron chi connectivity index (χ2n) is 6.74. The molecule has 1 atom stereocenters. The van der Waals surface area contributed by atoms with E-state index in [0.29, 0.717) is 5.52 Å². The molecule has 3 heterocycles. The van der Waals surface area contributed by atoms with E-state index >= 15 is 0 Å². The third-order valence-electron chi connectivity index (χ3n) is 4.94. The van der Waals surface area contributed by atoms with Crippen LogP contribution >= 0.6 is 11.3 Å². The van der Waals surface area contributed by atoms with Gasteiger partial charge < -0.3 is 4.98 Å². The second kappa shape index (κ2) is 7.63. The maximum atomic E-state index is 12.8. The topological polar surface area (TPSA) is 115 Å². The normalized spacial score (nSPS) is 16.6. The van der Waals surface area contributed by atoms with Crippen molar-refractivity contribution in [3.8, 4) is 0 Å². The van der Waals surface area contributed by atoms with E-state index in [0.717, 1.165) is 30.8 Å². The van der Waals surface area contributed by atoms with Gasteiger partial charge in [-0.25, -0.2) is 17.9 Å². The fourth-order valence-electron chi connectivity index (χ4n) is 3.53. The molecule has 1 unspecified atom stereocenters. The third-order valence-corrected chi connectivity index (χ3v) is 7.34. The van der Waals surface area contributed by atoms with E-state index in [1.807, 2.05) is 17.5 Å². The smallest absolute Gasteiger partial charge is 0.307 e. The molecule has 1 fully saturated rings. The summed E-state index contributed by atoms with van der Waals surface area (Å²) in [4.78, 5) is 31.3. The molecule has 1 saturated heterocycles. The van der Waals surface area contributed by atoms with Crippen molar-refractivity contribution in [3.05, 3.63) is 61.4 Å². The Morgan fingerprint density at radius 2 is 1.93 bits per heavy atom. The van der Waals surface area contributed by atoms with Crippen molar-refractivity contribution in [1.82, 2.24) is 19.6 Å². The summed E-state index contributed by atoms with van der Waals surface area (Å²) in [5.41, 5.74) is -0.957. The van der Waals surface area contributed by atoms with Crippen molar-refractivity contribution in [2.75, 3.05) is 19.6 Å². The molecule has 28 heavy (non-hydrogen) atoms. The number of thiophene rings is 1. The molecule has 0 amide bonds. The van der Waals surface area contributed by atoms with Crippen LogP contribution in [0.2, 0.25) is 0 Å². The molecular weight excluding hydrogens is 400 g/mol. The van der Waals surface area contributed by atoms with Gasteiger partial charge >= 0.3 is 5.69 Å². The van der Waals surface area contributed by atoms with Crippen LogP contribution in [0.5, 0.6) is 0 Å². The maximum Gasteiger partial charge on any atom is 0.326 e. The number of H-pyrrole nitrogens is 2. The predicted octanol–water partition coefficient (Wildman–Crippen LogP) is 1.39. The fraction of sp³-hybridized carbons (Fsp3) is 0.333. The SMILES string of the molecule is O=c1[nH]c(=O)c2cc(S(=O)(=O)NCC(c3cccs3)N3CCCC3)ccc2[nH]1. The van der Waals surface area contributed by atoms with Crippen molar-refractivity contribution in [2.24, 2.45) is 0 Å². The number of benzene rings is 1. The van der Waals surface area contributed by atoms with E-state index in [1.165, 1.54) is 18.2 Å². The Labute approximate surface area is 165 Å². The van der Waals surface area contributed by atoms with Gasteiger partial charge in [-0.15, -0.1) is 11.3 Å². The van der Waals surface area contributed by atoms with Gasteiger partial charge in [0.15, 0.2) is 0 Å². The van der Waals surface area contributed by atoms with Crippen LogP contribution in [0.4, 0.5) is 0 Å². The monoisotopic (exact) mass is 420 g/mol. The van der Waals surface area contributed by atoms with E-state index in [2.05, 4.69) is 19.6 Å². The summed E-state index contributed by atoms with van der Waals surface area (Å²) in [6.07, 6.45) is 2.22. The van der Waals surface area contributed by atoms with Crippen molar-refractivity contribution in [2.45, 2.75) is 23.8 Å². The van der Waals surface area contributed by atoms with Crippen LogP contribution in [0.3, 0.4) is 0 Å². The van der Waals surface area contributed by atoms with Gasteiger partial charge in [0.05, 0.1) is 21.8 Å². The third kappa shape index (κ3) is 3.81. The quantitative estimate of drug-likeness (QED) is 0.557. The standard InChI is InChI=1S/C18H20N4O4S2/c23-17-13-10-12(5-6-14(13)20-18(24)21-17)28(25,26)19-11-15(16-4-3-9-27-16)22-7-1-2-8-22/h3-6,9-10,15,19H,1-2,7-8,11H2,(H2,20,21,23,24). The molecule has 3 N–H and O–H groups in total. The predicted molar refractivity (Wildman–Crippen MR) is 108 cm³/mol. The minimum atomic E-state index is -3.81. The minimum Gasteiger partial charge on any atom is -0.307 e. The summed E-state index contributed by atoms with van der Waals surface area (Å²) < 4.78 is 28.4. The highest BCUT2D eigenvalue weighted by Gasteiger charge is 2.26. The number of aromatic amines is 2. The van der Waals surface area contributed by atoms with Crippen LogP contribution in [-0.2, 0) is 10.0 Å². The maximum absolute atomic E-state index is 12.8. The number of nitrogens with one attached hydrogen (secondary N) is 3. The summed E-state index contributed by atoms with van der Waals surface area (Å²) >= 11 is 1.61. The molecule has 0 saturated carbocycles. The molecule has 3 aromatic rings. The molecule has 0 spiro atoms. The van der Waals surface area contributed by atoms with Gasteiger partial charge in [-0.3, -0.25) is 14.7 Å². The second-order valence-corrected chi connectivity index (χ2v) is 9.49. The van der Waals surface area contributed by atoms with Gasteiger partial charge in [-0.1, -0.05) is 6.07 Å². The molecule has 148 valence electrons. The Morgan fingerprint density at radius 1 is 1.14 bits per heavy atom. The van der Waals surface area contributed by atoms with Gasteiger partial charge in [0, 0.05) is 11.4 Å². The van der Waals surface area contributed by atoms with E-state index in [-0.39, 0.29) is 22.9 Å². The van der Waals surface area contributed by atoms with E-state index in [1.54, 1.807) is 11.3 Å². The van der Waals surface area contributed by atoms with Crippen LogP contribution in [0.15, 0.2) is 50.2 Å². The van der Waals surface area contributed by atoms with Crippen LogP contribution < -0.4 is 16.0 Å². The Balaban J connectivity index is 1.60. The lowest BCUT2D eigenvalue weighted by molar-refractivity contribution is 0.250. The van der Waals surface area contributed by atoms with Crippen molar-refractivity contribution < 1.29 is 8.42 Å². The zero-order chi connectivity index (χ0) is 19.7. The number of fused-ring (bicyclic) bond motifs is 1. The fourth-order valence-corrected chi connectivity index (χ4v) is 5.45. The number of likely N-dealkylation sites (tertiary alicyclic amines) is 1. The van der Waals surface area contributed by atoms with E-state index in [9.17, 15) is 18.0 Å².